The number of pyridine rings is 1. The molecule has 0 fully saturated rings. The summed E-state index contributed by atoms with van der Waals surface area (Å²) in [6, 6.07) is 5.69. The topological polar surface area (TPSA) is 60.9 Å². The molecule has 88 valence electrons. The average Bonchev–Trinajstić information content (AvgIpc) is 2.67. The minimum Gasteiger partial charge on any atom is -0.366 e. The fourth-order valence-electron chi connectivity index (χ4n) is 2.06. The monoisotopic (exact) mass is 229 g/mol. The van der Waals surface area contributed by atoms with Gasteiger partial charge >= 0.3 is 0 Å². The predicted octanol–water partition coefficient (Wildman–Crippen LogP) is 1.98. The number of amides is 1. The van der Waals surface area contributed by atoms with E-state index in [0.29, 0.717) is 5.56 Å². The van der Waals surface area contributed by atoms with Gasteiger partial charge in [0.1, 0.15) is 0 Å². The number of primary amides is 1. The third-order valence-electron chi connectivity index (χ3n) is 2.92. The molecule has 1 amide bonds. The van der Waals surface area contributed by atoms with Gasteiger partial charge in [-0.05, 0) is 32.0 Å². The Labute approximate surface area is 100 Å². The van der Waals surface area contributed by atoms with E-state index >= 15 is 0 Å². The predicted molar refractivity (Wildman–Crippen MR) is 66.6 cm³/mol. The Balaban J connectivity index is 2.62. The third kappa shape index (κ3) is 1.93. The summed E-state index contributed by atoms with van der Waals surface area (Å²) in [6.45, 7) is 4.76. The molecule has 2 heterocycles. The molecule has 0 aromatic carbocycles. The second-order valence-electron chi connectivity index (χ2n) is 3.87. The van der Waals surface area contributed by atoms with Crippen LogP contribution in [-0.2, 0) is 6.54 Å². The number of hydrogen-bond donors (Lipinski definition) is 1. The van der Waals surface area contributed by atoms with Gasteiger partial charge < -0.3 is 10.3 Å². The van der Waals surface area contributed by atoms with Crippen molar-refractivity contribution in [1.82, 2.24) is 9.55 Å². The van der Waals surface area contributed by atoms with Crippen LogP contribution < -0.4 is 5.73 Å². The van der Waals surface area contributed by atoms with E-state index in [0.717, 1.165) is 23.5 Å². The maximum absolute atomic E-state index is 11.3. The molecule has 0 aliphatic carbocycles. The van der Waals surface area contributed by atoms with Crippen LogP contribution in [0.3, 0.4) is 0 Å². The van der Waals surface area contributed by atoms with Gasteiger partial charge in [0.05, 0.1) is 5.56 Å². The van der Waals surface area contributed by atoms with Crippen molar-refractivity contribution in [2.45, 2.75) is 20.4 Å². The summed E-state index contributed by atoms with van der Waals surface area (Å²) in [5.74, 6) is -0.384. The van der Waals surface area contributed by atoms with Crippen LogP contribution in [0.25, 0.3) is 11.3 Å². The number of aromatic nitrogens is 2. The van der Waals surface area contributed by atoms with Crippen LogP contribution in [0.15, 0.2) is 30.6 Å². The zero-order valence-electron chi connectivity index (χ0n) is 9.97. The van der Waals surface area contributed by atoms with Crippen molar-refractivity contribution in [1.29, 1.82) is 0 Å². The molecular formula is C13H15N3O. The van der Waals surface area contributed by atoms with Crippen LogP contribution in [-0.4, -0.2) is 15.5 Å². The molecule has 2 N–H and O–H groups in total. The smallest absolute Gasteiger partial charge is 0.250 e. The Bertz CT molecular complexity index is 543. The van der Waals surface area contributed by atoms with Crippen molar-refractivity contribution >= 4 is 5.91 Å². The first-order chi connectivity index (χ1) is 8.15. The van der Waals surface area contributed by atoms with Gasteiger partial charge in [0.2, 0.25) is 0 Å². The molecule has 0 aliphatic heterocycles. The third-order valence-corrected chi connectivity index (χ3v) is 2.92. The van der Waals surface area contributed by atoms with Gasteiger partial charge in [0.25, 0.3) is 5.91 Å². The highest BCUT2D eigenvalue weighted by molar-refractivity contribution is 5.95. The SMILES string of the molecule is CCn1c(-c2ccncc2)cc(C(N)=O)c1C. The average molecular weight is 229 g/mol. The number of carbonyl (C=O) groups is 1. The van der Waals surface area contributed by atoms with Crippen LogP contribution in [0.5, 0.6) is 0 Å². The van der Waals surface area contributed by atoms with Crippen molar-refractivity contribution in [3.05, 3.63) is 41.9 Å². The summed E-state index contributed by atoms with van der Waals surface area (Å²) in [5.41, 5.74) is 8.90. The normalized spacial score (nSPS) is 10.5. The first-order valence-electron chi connectivity index (χ1n) is 5.55. The molecule has 4 nitrogen and oxygen atoms in total. The fourth-order valence-corrected chi connectivity index (χ4v) is 2.06. The molecule has 0 atom stereocenters. The molecule has 0 saturated carbocycles. The van der Waals surface area contributed by atoms with E-state index in [1.165, 1.54) is 0 Å². The molecule has 2 rings (SSSR count). The second kappa shape index (κ2) is 4.41. The first-order valence-corrected chi connectivity index (χ1v) is 5.55. The summed E-state index contributed by atoms with van der Waals surface area (Å²) < 4.78 is 2.08. The number of carbonyl (C=O) groups excluding carboxylic acids is 1. The lowest BCUT2D eigenvalue weighted by Crippen LogP contribution is -2.12. The van der Waals surface area contributed by atoms with Gasteiger partial charge in [-0.2, -0.15) is 0 Å². The molecule has 0 saturated heterocycles. The fraction of sp³-hybridized carbons (Fsp3) is 0.231. The largest absolute Gasteiger partial charge is 0.366 e. The molecule has 0 bridgehead atoms. The molecule has 4 heteroatoms. The highest BCUT2D eigenvalue weighted by Crippen LogP contribution is 2.25. The Morgan fingerprint density at radius 3 is 2.59 bits per heavy atom. The van der Waals surface area contributed by atoms with Gasteiger partial charge in [-0.25, -0.2) is 0 Å². The zero-order chi connectivity index (χ0) is 12.4. The summed E-state index contributed by atoms with van der Waals surface area (Å²) in [4.78, 5) is 15.3. The molecule has 0 spiro atoms. The van der Waals surface area contributed by atoms with Gasteiger partial charge in [-0.3, -0.25) is 9.78 Å². The molecule has 17 heavy (non-hydrogen) atoms. The lowest BCUT2D eigenvalue weighted by atomic mass is 10.2. The van der Waals surface area contributed by atoms with Crippen LogP contribution in [0.2, 0.25) is 0 Å². The Morgan fingerprint density at radius 1 is 1.41 bits per heavy atom. The van der Waals surface area contributed by atoms with Crippen LogP contribution in [0.4, 0.5) is 0 Å². The summed E-state index contributed by atoms with van der Waals surface area (Å²) in [6.07, 6.45) is 3.48. The summed E-state index contributed by atoms with van der Waals surface area (Å²) in [5, 5.41) is 0. The van der Waals surface area contributed by atoms with E-state index in [9.17, 15) is 4.79 Å². The molecular weight excluding hydrogens is 214 g/mol. The number of rotatable bonds is 3. The summed E-state index contributed by atoms with van der Waals surface area (Å²) >= 11 is 0. The van der Waals surface area contributed by atoms with Gasteiger partial charge in [-0.15, -0.1) is 0 Å². The van der Waals surface area contributed by atoms with E-state index in [4.69, 9.17) is 5.73 Å². The lowest BCUT2D eigenvalue weighted by Gasteiger charge is -2.08. The van der Waals surface area contributed by atoms with E-state index in [2.05, 4.69) is 9.55 Å². The van der Waals surface area contributed by atoms with Gasteiger partial charge in [0, 0.05) is 35.9 Å². The second-order valence-corrected chi connectivity index (χ2v) is 3.87. The standard InChI is InChI=1S/C13H15N3O/c1-3-16-9(2)11(13(14)17)8-12(16)10-4-6-15-7-5-10/h4-8H,3H2,1-2H3,(H2,14,17). The zero-order valence-corrected chi connectivity index (χ0v) is 9.97. The van der Waals surface area contributed by atoms with Crippen LogP contribution >= 0.6 is 0 Å². The number of nitrogens with zero attached hydrogens (tertiary/aromatic N) is 2. The Morgan fingerprint density at radius 2 is 2.06 bits per heavy atom. The van der Waals surface area contributed by atoms with E-state index in [-0.39, 0.29) is 5.91 Å². The van der Waals surface area contributed by atoms with Crippen molar-refractivity contribution in [2.75, 3.05) is 0 Å². The quantitative estimate of drug-likeness (QED) is 0.874. The maximum atomic E-state index is 11.3. The first kappa shape index (κ1) is 11.4. The highest BCUT2D eigenvalue weighted by atomic mass is 16.1. The maximum Gasteiger partial charge on any atom is 0.250 e. The Hall–Kier alpha value is -2.10. The lowest BCUT2D eigenvalue weighted by molar-refractivity contribution is 0.0999. The molecule has 2 aromatic heterocycles. The highest BCUT2D eigenvalue weighted by Gasteiger charge is 2.15. The number of hydrogen-bond acceptors (Lipinski definition) is 2. The minimum atomic E-state index is -0.384. The molecule has 0 aliphatic rings. The summed E-state index contributed by atoms with van der Waals surface area (Å²) in [7, 11) is 0. The van der Waals surface area contributed by atoms with Crippen LogP contribution in [0.1, 0.15) is 23.0 Å². The van der Waals surface area contributed by atoms with Crippen molar-refractivity contribution < 1.29 is 4.79 Å². The number of nitrogens with two attached hydrogens (primary N) is 1. The van der Waals surface area contributed by atoms with Gasteiger partial charge in [0.15, 0.2) is 0 Å². The van der Waals surface area contributed by atoms with E-state index in [1.807, 2.05) is 32.0 Å². The Kier molecular flexibility index (Phi) is 2.95. The van der Waals surface area contributed by atoms with Crippen molar-refractivity contribution in [3.63, 3.8) is 0 Å². The molecule has 2 aromatic rings. The van der Waals surface area contributed by atoms with E-state index < -0.39 is 0 Å². The molecule has 0 unspecified atom stereocenters. The minimum absolute atomic E-state index is 0.384. The van der Waals surface area contributed by atoms with E-state index in [1.54, 1.807) is 12.4 Å². The van der Waals surface area contributed by atoms with Gasteiger partial charge in [-0.1, -0.05) is 0 Å². The molecule has 0 radical (unpaired) electrons. The van der Waals surface area contributed by atoms with Crippen molar-refractivity contribution in [2.24, 2.45) is 5.73 Å². The van der Waals surface area contributed by atoms with Crippen LogP contribution in [0, 0.1) is 6.92 Å². The van der Waals surface area contributed by atoms with Crippen molar-refractivity contribution in [3.8, 4) is 11.3 Å².